The minimum absolute atomic E-state index is 0.0369. The Morgan fingerprint density at radius 3 is 1.95 bits per heavy atom. The highest BCUT2D eigenvalue weighted by molar-refractivity contribution is 6.42. The highest BCUT2D eigenvalue weighted by atomic mass is 35.5. The molecule has 5 heteroatoms. The number of hydrogen-bond donors (Lipinski definition) is 0. The van der Waals surface area contributed by atoms with Crippen LogP contribution in [0.15, 0.2) is 36.4 Å². The number of Topliss-reactive ketones (excluding diaryl/α,β-unsaturated/α-hetero) is 1. The first kappa shape index (κ1) is 15.3. The van der Waals surface area contributed by atoms with Gasteiger partial charge in [-0.2, -0.15) is 0 Å². The van der Waals surface area contributed by atoms with Crippen LogP contribution in [0.4, 0.5) is 4.39 Å². The third-order valence-electron chi connectivity index (χ3n) is 2.77. The minimum atomic E-state index is -0.522. The van der Waals surface area contributed by atoms with Gasteiger partial charge in [-0.05, 0) is 35.4 Å². The monoisotopic (exact) mass is 330 g/mol. The summed E-state index contributed by atoms with van der Waals surface area (Å²) in [6.07, 6.45) is 0.371. The average Bonchev–Trinajstić information content (AvgIpc) is 2.38. The number of halogens is 4. The van der Waals surface area contributed by atoms with E-state index >= 15 is 0 Å². The minimum Gasteiger partial charge on any atom is -0.299 e. The molecule has 2 rings (SSSR count). The third kappa shape index (κ3) is 3.95. The van der Waals surface area contributed by atoms with E-state index in [9.17, 15) is 9.18 Å². The molecule has 0 aliphatic carbocycles. The van der Waals surface area contributed by atoms with Crippen molar-refractivity contribution >= 4 is 40.6 Å². The van der Waals surface area contributed by atoms with E-state index in [1.54, 1.807) is 24.3 Å². The van der Waals surface area contributed by atoms with Gasteiger partial charge in [-0.1, -0.05) is 46.9 Å². The number of ketones is 1. The molecule has 0 fully saturated rings. The summed E-state index contributed by atoms with van der Waals surface area (Å²) < 4.78 is 13.3. The van der Waals surface area contributed by atoms with Crippen LogP contribution in [0.5, 0.6) is 0 Å². The number of benzene rings is 2. The van der Waals surface area contributed by atoms with Crippen molar-refractivity contribution in [3.63, 3.8) is 0 Å². The zero-order chi connectivity index (χ0) is 14.7. The molecular formula is C15H10Cl3FO. The van der Waals surface area contributed by atoms with E-state index in [1.165, 1.54) is 12.1 Å². The van der Waals surface area contributed by atoms with Crippen molar-refractivity contribution < 1.29 is 9.18 Å². The lowest BCUT2D eigenvalue weighted by atomic mass is 10.0. The molecule has 0 saturated heterocycles. The molecule has 0 unspecified atom stereocenters. The van der Waals surface area contributed by atoms with E-state index in [-0.39, 0.29) is 23.6 Å². The molecule has 2 aromatic rings. The summed E-state index contributed by atoms with van der Waals surface area (Å²) in [6.45, 7) is 0. The molecule has 20 heavy (non-hydrogen) atoms. The highest BCUT2D eigenvalue weighted by Gasteiger charge is 2.09. The van der Waals surface area contributed by atoms with Crippen LogP contribution in [0.3, 0.4) is 0 Å². The molecule has 0 atom stereocenters. The maximum atomic E-state index is 13.3. The zero-order valence-corrected chi connectivity index (χ0v) is 12.6. The van der Waals surface area contributed by atoms with Gasteiger partial charge in [-0.3, -0.25) is 4.79 Å². The number of rotatable bonds is 4. The van der Waals surface area contributed by atoms with E-state index in [1.807, 2.05) is 0 Å². The summed E-state index contributed by atoms with van der Waals surface area (Å²) in [5.74, 6) is -0.559. The van der Waals surface area contributed by atoms with Gasteiger partial charge in [-0.25, -0.2) is 4.39 Å². The van der Waals surface area contributed by atoms with Crippen LogP contribution in [0.25, 0.3) is 0 Å². The Labute approximate surface area is 131 Å². The van der Waals surface area contributed by atoms with E-state index < -0.39 is 5.82 Å². The molecule has 0 spiro atoms. The lowest BCUT2D eigenvalue weighted by molar-refractivity contribution is -0.117. The molecule has 0 N–H and O–H groups in total. The first-order valence-corrected chi connectivity index (χ1v) is 6.98. The van der Waals surface area contributed by atoms with Crippen LogP contribution >= 0.6 is 34.8 Å². The molecule has 0 aromatic heterocycles. The quantitative estimate of drug-likeness (QED) is 0.758. The Bertz CT molecular complexity index is 600. The highest BCUT2D eigenvalue weighted by Crippen LogP contribution is 2.23. The first-order valence-electron chi connectivity index (χ1n) is 5.85. The van der Waals surface area contributed by atoms with Crippen molar-refractivity contribution in [3.8, 4) is 0 Å². The summed E-state index contributed by atoms with van der Waals surface area (Å²) in [4.78, 5) is 11.9. The molecule has 0 aliphatic heterocycles. The van der Waals surface area contributed by atoms with Gasteiger partial charge in [-0.15, -0.1) is 0 Å². The Morgan fingerprint density at radius 1 is 0.850 bits per heavy atom. The van der Waals surface area contributed by atoms with E-state index in [2.05, 4.69) is 0 Å². The Morgan fingerprint density at radius 2 is 1.40 bits per heavy atom. The van der Waals surface area contributed by atoms with E-state index in [4.69, 9.17) is 34.8 Å². The van der Waals surface area contributed by atoms with Crippen LogP contribution in [0.2, 0.25) is 15.1 Å². The van der Waals surface area contributed by atoms with Crippen LogP contribution in [-0.2, 0) is 17.6 Å². The fourth-order valence-electron chi connectivity index (χ4n) is 1.82. The predicted molar refractivity (Wildman–Crippen MR) is 80.3 cm³/mol. The van der Waals surface area contributed by atoms with E-state index in [0.29, 0.717) is 15.6 Å². The number of hydrogen-bond acceptors (Lipinski definition) is 1. The maximum Gasteiger partial charge on any atom is 0.142 e. The van der Waals surface area contributed by atoms with Gasteiger partial charge in [0.2, 0.25) is 0 Å². The summed E-state index contributed by atoms with van der Waals surface area (Å²) in [7, 11) is 0. The number of carbonyl (C=O) groups excluding carboxylic acids is 1. The second kappa shape index (κ2) is 6.57. The topological polar surface area (TPSA) is 17.1 Å². The van der Waals surface area contributed by atoms with Gasteiger partial charge in [0.1, 0.15) is 11.6 Å². The van der Waals surface area contributed by atoms with E-state index in [0.717, 1.165) is 5.56 Å². The smallest absolute Gasteiger partial charge is 0.142 e. The van der Waals surface area contributed by atoms with Crippen molar-refractivity contribution in [3.05, 3.63) is 68.4 Å². The third-order valence-corrected chi connectivity index (χ3v) is 3.82. The second-order valence-electron chi connectivity index (χ2n) is 4.39. The van der Waals surface area contributed by atoms with Crippen molar-refractivity contribution in [2.24, 2.45) is 0 Å². The molecule has 104 valence electrons. The molecule has 0 saturated carbocycles. The first-order chi connectivity index (χ1) is 9.45. The van der Waals surface area contributed by atoms with Gasteiger partial charge >= 0.3 is 0 Å². The van der Waals surface area contributed by atoms with Crippen molar-refractivity contribution in [2.75, 3.05) is 0 Å². The van der Waals surface area contributed by atoms with Crippen LogP contribution in [0.1, 0.15) is 11.1 Å². The summed E-state index contributed by atoms with van der Waals surface area (Å²) >= 11 is 17.3. The normalized spacial score (nSPS) is 10.6. The molecule has 1 nitrogen and oxygen atoms in total. The maximum absolute atomic E-state index is 13.3. The van der Waals surface area contributed by atoms with Gasteiger partial charge in [0.05, 0.1) is 15.1 Å². The van der Waals surface area contributed by atoms with Gasteiger partial charge < -0.3 is 0 Å². The molecule has 0 heterocycles. The average molecular weight is 332 g/mol. The molecule has 0 bridgehead atoms. The summed E-state index contributed by atoms with van der Waals surface area (Å²) in [5.41, 5.74) is 1.37. The van der Waals surface area contributed by atoms with Crippen LogP contribution in [0, 0.1) is 5.82 Å². The number of carbonyl (C=O) groups is 1. The zero-order valence-electron chi connectivity index (χ0n) is 10.3. The lowest BCUT2D eigenvalue weighted by Crippen LogP contribution is -2.06. The van der Waals surface area contributed by atoms with Gasteiger partial charge in [0.15, 0.2) is 0 Å². The SMILES string of the molecule is O=C(Cc1ccc(Cl)c(F)c1)Cc1ccc(Cl)c(Cl)c1. The van der Waals surface area contributed by atoms with Crippen molar-refractivity contribution in [1.29, 1.82) is 0 Å². The van der Waals surface area contributed by atoms with Gasteiger partial charge in [0, 0.05) is 12.8 Å². The fraction of sp³-hybridized carbons (Fsp3) is 0.133. The molecule has 0 amide bonds. The largest absolute Gasteiger partial charge is 0.299 e. The standard InChI is InChI=1S/C15H10Cl3FO/c16-12-3-1-9(7-14(12)18)5-11(20)6-10-2-4-13(17)15(19)8-10/h1-4,7-8H,5-6H2. The second-order valence-corrected chi connectivity index (χ2v) is 5.61. The fourth-order valence-corrected chi connectivity index (χ4v) is 2.26. The predicted octanol–water partition coefficient (Wildman–Crippen LogP) is 5.14. The Balaban J connectivity index is 2.04. The summed E-state index contributed by atoms with van der Waals surface area (Å²) in [5, 5.41) is 0.905. The van der Waals surface area contributed by atoms with Crippen molar-refractivity contribution in [1.82, 2.24) is 0 Å². The summed E-state index contributed by atoms with van der Waals surface area (Å²) in [6, 6.07) is 9.40. The van der Waals surface area contributed by atoms with Gasteiger partial charge in [0.25, 0.3) is 0 Å². The molecule has 0 aliphatic rings. The van der Waals surface area contributed by atoms with Crippen molar-refractivity contribution in [2.45, 2.75) is 12.8 Å². The lowest BCUT2D eigenvalue weighted by Gasteiger charge is -2.04. The van der Waals surface area contributed by atoms with Crippen LogP contribution < -0.4 is 0 Å². The Hall–Kier alpha value is -1.09. The molecule has 0 radical (unpaired) electrons. The van der Waals surface area contributed by atoms with Crippen LogP contribution in [-0.4, -0.2) is 5.78 Å². The molecule has 2 aromatic carbocycles. The Kier molecular flexibility index (Phi) is 5.03. The molecular weight excluding hydrogens is 322 g/mol.